The van der Waals surface area contributed by atoms with Crippen LogP contribution in [0.1, 0.15) is 11.4 Å². The molecule has 0 aliphatic heterocycles. The Morgan fingerprint density at radius 2 is 1.73 bits per heavy atom. The van der Waals surface area contributed by atoms with Gasteiger partial charge in [-0.3, -0.25) is 20.8 Å². The predicted octanol–water partition coefficient (Wildman–Crippen LogP) is 2.01. The molecule has 4 amide bonds. The van der Waals surface area contributed by atoms with E-state index >= 15 is 0 Å². The maximum atomic E-state index is 12.8. The maximum absolute atomic E-state index is 12.8. The molecule has 3 heterocycles. The molecule has 0 bridgehead atoms. The molecule has 3 rings (SSSR count). The van der Waals surface area contributed by atoms with Crippen molar-refractivity contribution in [2.75, 3.05) is 15.5 Å². The Morgan fingerprint density at radius 3 is 2.35 bits per heavy atom. The first-order chi connectivity index (χ1) is 12.4. The van der Waals surface area contributed by atoms with E-state index in [-0.39, 0.29) is 11.6 Å². The van der Waals surface area contributed by atoms with Gasteiger partial charge in [0.25, 0.3) is 0 Å². The second-order valence-electron chi connectivity index (χ2n) is 5.48. The van der Waals surface area contributed by atoms with Crippen LogP contribution in [0, 0.1) is 13.8 Å². The number of amides is 4. The largest absolute Gasteiger partial charge is 0.351 e. The summed E-state index contributed by atoms with van der Waals surface area (Å²) >= 11 is 0. The summed E-state index contributed by atoms with van der Waals surface area (Å²) in [5.41, 5.74) is 6.68. The first kappa shape index (κ1) is 17.0. The number of pyridine rings is 1. The highest BCUT2D eigenvalue weighted by Crippen LogP contribution is 2.24. The van der Waals surface area contributed by atoms with Crippen molar-refractivity contribution in [3.63, 3.8) is 0 Å². The SMILES string of the molecule is Cc1cc(NC(=O)N(c2cc(C)[nH]n2)c2cccc(NC(N)=O)n2)n[nH]1. The summed E-state index contributed by atoms with van der Waals surface area (Å²) in [6.07, 6.45) is 0. The average molecular weight is 355 g/mol. The standard InChI is InChI=1S/C15H17N9O2/c1-8-6-11(22-20-8)19-15(26)24(13-7-9(2)21-23-13)12-5-3-4-10(17-12)18-14(16)25/h3-7H,1-2H3,(H,21,23)(H3,16,17,18,25)(H2,19,20,22,26). The summed E-state index contributed by atoms with van der Waals surface area (Å²) in [7, 11) is 0. The molecule has 0 radical (unpaired) electrons. The highest BCUT2D eigenvalue weighted by molar-refractivity contribution is 6.05. The van der Waals surface area contributed by atoms with Crippen molar-refractivity contribution in [2.45, 2.75) is 13.8 Å². The number of nitrogens with one attached hydrogen (secondary N) is 4. The Labute approximate surface area is 148 Å². The number of hydrogen-bond acceptors (Lipinski definition) is 5. The lowest BCUT2D eigenvalue weighted by Crippen LogP contribution is -2.32. The van der Waals surface area contributed by atoms with E-state index < -0.39 is 12.1 Å². The van der Waals surface area contributed by atoms with Crippen LogP contribution in [-0.4, -0.2) is 37.4 Å². The maximum Gasteiger partial charge on any atom is 0.334 e. The number of nitrogens with two attached hydrogens (primary N) is 1. The Balaban J connectivity index is 1.95. The number of primary amides is 1. The van der Waals surface area contributed by atoms with Crippen LogP contribution in [0.2, 0.25) is 0 Å². The lowest BCUT2D eigenvalue weighted by Gasteiger charge is -2.19. The molecule has 0 spiro atoms. The molecule has 3 aromatic heterocycles. The van der Waals surface area contributed by atoms with E-state index in [1.807, 2.05) is 13.8 Å². The van der Waals surface area contributed by atoms with Gasteiger partial charge in [0.05, 0.1) is 0 Å². The summed E-state index contributed by atoms with van der Waals surface area (Å²) in [6, 6.07) is 6.88. The fourth-order valence-electron chi connectivity index (χ4n) is 2.23. The van der Waals surface area contributed by atoms with Crippen molar-refractivity contribution in [1.29, 1.82) is 0 Å². The summed E-state index contributed by atoms with van der Waals surface area (Å²) in [6.45, 7) is 3.63. The number of rotatable bonds is 4. The molecule has 3 aromatic rings. The molecule has 0 aliphatic carbocycles. The first-order valence-electron chi connectivity index (χ1n) is 7.61. The van der Waals surface area contributed by atoms with Crippen molar-refractivity contribution in [1.82, 2.24) is 25.4 Å². The molecule has 11 nitrogen and oxygen atoms in total. The van der Waals surface area contributed by atoms with Crippen LogP contribution >= 0.6 is 0 Å². The number of hydrogen-bond donors (Lipinski definition) is 5. The van der Waals surface area contributed by atoms with Crippen LogP contribution in [0.5, 0.6) is 0 Å². The lowest BCUT2D eigenvalue weighted by molar-refractivity contribution is 0.258. The van der Waals surface area contributed by atoms with Crippen molar-refractivity contribution < 1.29 is 9.59 Å². The van der Waals surface area contributed by atoms with Crippen LogP contribution in [0.3, 0.4) is 0 Å². The molecular formula is C15H17N9O2. The van der Waals surface area contributed by atoms with Crippen LogP contribution < -0.4 is 21.3 Å². The number of aromatic nitrogens is 5. The summed E-state index contributed by atoms with van der Waals surface area (Å²) in [5.74, 6) is 1.13. The Hall–Kier alpha value is -3.89. The smallest absolute Gasteiger partial charge is 0.334 e. The fourth-order valence-corrected chi connectivity index (χ4v) is 2.23. The minimum absolute atomic E-state index is 0.204. The third-order valence-corrected chi connectivity index (χ3v) is 3.28. The van der Waals surface area contributed by atoms with Gasteiger partial charge in [0.15, 0.2) is 11.6 Å². The van der Waals surface area contributed by atoms with Gasteiger partial charge in [-0.1, -0.05) is 6.07 Å². The number of nitrogens with zero attached hydrogens (tertiary/aromatic N) is 4. The van der Waals surface area contributed by atoms with Gasteiger partial charge in [-0.2, -0.15) is 10.2 Å². The van der Waals surface area contributed by atoms with Gasteiger partial charge in [0.2, 0.25) is 0 Å². The summed E-state index contributed by atoms with van der Waals surface area (Å²) in [4.78, 5) is 29.4. The minimum Gasteiger partial charge on any atom is -0.351 e. The van der Waals surface area contributed by atoms with Crippen molar-refractivity contribution >= 4 is 35.3 Å². The molecule has 11 heteroatoms. The number of aromatic amines is 2. The van der Waals surface area contributed by atoms with Crippen molar-refractivity contribution in [3.8, 4) is 0 Å². The van der Waals surface area contributed by atoms with Crippen LogP contribution in [0.15, 0.2) is 30.3 Å². The average Bonchev–Trinajstić information content (AvgIpc) is 3.16. The zero-order valence-electron chi connectivity index (χ0n) is 14.1. The molecule has 0 aromatic carbocycles. The van der Waals surface area contributed by atoms with E-state index in [4.69, 9.17) is 5.73 Å². The number of anilines is 4. The number of H-pyrrole nitrogens is 2. The van der Waals surface area contributed by atoms with Gasteiger partial charge in [-0.15, -0.1) is 0 Å². The summed E-state index contributed by atoms with van der Waals surface area (Å²) in [5, 5.41) is 18.7. The topological polar surface area (TPSA) is 158 Å². The molecule has 6 N–H and O–H groups in total. The molecule has 0 unspecified atom stereocenters. The van der Waals surface area contributed by atoms with E-state index in [9.17, 15) is 9.59 Å². The highest BCUT2D eigenvalue weighted by Gasteiger charge is 2.23. The van der Waals surface area contributed by atoms with Gasteiger partial charge in [-0.05, 0) is 26.0 Å². The molecular weight excluding hydrogens is 338 g/mol. The fraction of sp³-hybridized carbons (Fsp3) is 0.133. The number of urea groups is 2. The Morgan fingerprint density at radius 1 is 1.00 bits per heavy atom. The number of carbonyl (C=O) groups excluding carboxylic acids is 2. The second kappa shape index (κ2) is 6.93. The minimum atomic E-state index is -0.756. The monoisotopic (exact) mass is 355 g/mol. The molecule has 134 valence electrons. The van der Waals surface area contributed by atoms with E-state index in [2.05, 4.69) is 36.0 Å². The molecule has 0 atom stereocenters. The van der Waals surface area contributed by atoms with Crippen LogP contribution in [0.25, 0.3) is 0 Å². The Bertz CT molecular complexity index is 946. The molecule has 0 fully saturated rings. The van der Waals surface area contributed by atoms with E-state index in [1.54, 1.807) is 30.3 Å². The van der Waals surface area contributed by atoms with E-state index in [0.29, 0.717) is 11.6 Å². The Kier molecular flexibility index (Phi) is 4.51. The normalized spacial score (nSPS) is 10.4. The van der Waals surface area contributed by atoms with Crippen molar-refractivity contribution in [3.05, 3.63) is 41.7 Å². The quantitative estimate of drug-likeness (QED) is 0.483. The molecule has 0 aliphatic rings. The van der Waals surface area contributed by atoms with E-state index in [1.165, 1.54) is 4.90 Å². The molecule has 26 heavy (non-hydrogen) atoms. The number of carbonyl (C=O) groups is 2. The van der Waals surface area contributed by atoms with Gasteiger partial charge < -0.3 is 5.73 Å². The zero-order valence-corrected chi connectivity index (χ0v) is 14.1. The first-order valence-corrected chi connectivity index (χ1v) is 7.61. The third kappa shape index (κ3) is 3.77. The van der Waals surface area contributed by atoms with E-state index in [0.717, 1.165) is 11.4 Å². The molecule has 0 saturated carbocycles. The van der Waals surface area contributed by atoms with Crippen molar-refractivity contribution in [2.24, 2.45) is 5.73 Å². The second-order valence-corrected chi connectivity index (χ2v) is 5.48. The van der Waals surface area contributed by atoms with Gasteiger partial charge in [0.1, 0.15) is 11.6 Å². The van der Waals surface area contributed by atoms with Crippen LogP contribution in [-0.2, 0) is 0 Å². The highest BCUT2D eigenvalue weighted by atomic mass is 16.2. The van der Waals surface area contributed by atoms with Gasteiger partial charge >= 0.3 is 12.1 Å². The lowest BCUT2D eigenvalue weighted by atomic mass is 10.3. The van der Waals surface area contributed by atoms with Crippen LogP contribution in [0.4, 0.5) is 32.9 Å². The number of aryl methyl sites for hydroxylation is 2. The zero-order chi connectivity index (χ0) is 18.7. The predicted molar refractivity (Wildman–Crippen MR) is 95.3 cm³/mol. The third-order valence-electron chi connectivity index (χ3n) is 3.28. The molecule has 0 saturated heterocycles. The van der Waals surface area contributed by atoms with Gasteiger partial charge in [0, 0.05) is 23.5 Å². The van der Waals surface area contributed by atoms with Gasteiger partial charge in [-0.25, -0.2) is 19.5 Å². The summed E-state index contributed by atoms with van der Waals surface area (Å²) < 4.78 is 0.